The van der Waals surface area contributed by atoms with Crippen LogP contribution in [0.2, 0.25) is 13.1 Å². The van der Waals surface area contributed by atoms with Crippen LogP contribution >= 0.6 is 0 Å². The summed E-state index contributed by atoms with van der Waals surface area (Å²) in [5.41, 5.74) is 14.6. The lowest BCUT2D eigenvalue weighted by Gasteiger charge is -2.36. The van der Waals surface area contributed by atoms with Gasteiger partial charge in [0.2, 0.25) is 0 Å². The Morgan fingerprint density at radius 1 is 0.610 bits per heavy atom. The summed E-state index contributed by atoms with van der Waals surface area (Å²) in [5.74, 6) is 0.465. The minimum absolute atomic E-state index is 0.125. The van der Waals surface area contributed by atoms with E-state index in [1.54, 1.807) is 16.7 Å². The van der Waals surface area contributed by atoms with Crippen LogP contribution in [0.3, 0.4) is 0 Å². The fraction of sp³-hybridized carbons (Fsp3) is 0.350. The fourth-order valence-electron chi connectivity index (χ4n) is 7.43. The van der Waals surface area contributed by atoms with Crippen molar-refractivity contribution in [2.45, 2.75) is 88.9 Å². The Morgan fingerprint density at radius 3 is 1.78 bits per heavy atom. The van der Waals surface area contributed by atoms with E-state index in [4.69, 9.17) is 0 Å². The minimum atomic E-state index is -1.89. The van der Waals surface area contributed by atoms with E-state index in [0.717, 1.165) is 0 Å². The van der Waals surface area contributed by atoms with Gasteiger partial charge in [-0.15, -0.1) is 0 Å². The van der Waals surface area contributed by atoms with Crippen LogP contribution in [0.5, 0.6) is 0 Å². The first kappa shape index (κ1) is 28.0. The topological polar surface area (TPSA) is 0 Å². The third-order valence-corrected chi connectivity index (χ3v) is 14.5. The van der Waals surface area contributed by atoms with Crippen molar-refractivity contribution >= 4 is 13.6 Å². The average molecular weight is 555 g/mol. The Hall–Kier alpha value is -3.16. The summed E-state index contributed by atoms with van der Waals surface area (Å²) in [5, 5.41) is 0. The summed E-state index contributed by atoms with van der Waals surface area (Å²) in [4.78, 5) is 0. The van der Waals surface area contributed by atoms with E-state index >= 15 is 0 Å². The zero-order valence-corrected chi connectivity index (χ0v) is 27.3. The third-order valence-electron chi connectivity index (χ3n) is 10.0. The predicted octanol–water partition coefficient (Wildman–Crippen LogP) is 10.9. The molecule has 0 spiro atoms. The smallest absolute Gasteiger partial charge is 0.0672 e. The molecule has 3 unspecified atom stereocenters. The van der Waals surface area contributed by atoms with Gasteiger partial charge in [-0.3, -0.25) is 0 Å². The molecule has 4 aromatic rings. The number of benzene rings is 4. The number of rotatable bonds is 4. The Kier molecular flexibility index (Phi) is 6.81. The van der Waals surface area contributed by atoms with Crippen molar-refractivity contribution in [3.63, 3.8) is 0 Å². The second kappa shape index (κ2) is 9.98. The van der Waals surface area contributed by atoms with Crippen molar-refractivity contribution in [1.82, 2.24) is 0 Å². The van der Waals surface area contributed by atoms with Gasteiger partial charge in [-0.2, -0.15) is 0 Å². The number of fused-ring (bicyclic) bond motifs is 2. The highest BCUT2D eigenvalue weighted by Gasteiger charge is 2.48. The summed E-state index contributed by atoms with van der Waals surface area (Å²) >= 11 is 0. The number of hydrogen-bond donors (Lipinski definition) is 0. The second-order valence-corrected chi connectivity index (χ2v) is 20.1. The molecular weight excluding hydrogens is 509 g/mol. The number of hydrogen-bond acceptors (Lipinski definition) is 0. The van der Waals surface area contributed by atoms with Crippen molar-refractivity contribution in [2.75, 3.05) is 0 Å². The lowest BCUT2D eigenvalue weighted by Crippen LogP contribution is -2.40. The first-order valence-electron chi connectivity index (χ1n) is 15.5. The average Bonchev–Trinajstić information content (AvgIpc) is 3.52. The first-order valence-corrected chi connectivity index (χ1v) is 18.6. The molecule has 0 fully saturated rings. The van der Waals surface area contributed by atoms with Crippen molar-refractivity contribution in [2.24, 2.45) is 0 Å². The first-order chi connectivity index (χ1) is 19.4. The van der Waals surface area contributed by atoms with Crippen LogP contribution in [0.15, 0.2) is 103 Å². The Bertz CT molecular complexity index is 1590. The van der Waals surface area contributed by atoms with Crippen molar-refractivity contribution in [1.29, 1.82) is 0 Å². The van der Waals surface area contributed by atoms with Crippen LogP contribution < -0.4 is 0 Å². The van der Waals surface area contributed by atoms with Crippen LogP contribution in [0, 0.1) is 0 Å². The summed E-state index contributed by atoms with van der Waals surface area (Å²) in [6.45, 7) is 19.4. The van der Waals surface area contributed by atoms with Gasteiger partial charge in [0.25, 0.3) is 0 Å². The maximum Gasteiger partial charge on any atom is 0.0672 e. The maximum atomic E-state index is 2.67. The molecule has 4 aromatic carbocycles. The highest BCUT2D eigenvalue weighted by molar-refractivity contribution is 6.81. The number of allylic oxidation sites excluding steroid dienone is 1. The van der Waals surface area contributed by atoms with E-state index in [0.29, 0.717) is 17.0 Å². The summed E-state index contributed by atoms with van der Waals surface area (Å²) in [6, 6.07) is 37.2. The van der Waals surface area contributed by atoms with Gasteiger partial charge in [0.15, 0.2) is 0 Å². The molecule has 3 atom stereocenters. The van der Waals surface area contributed by atoms with Crippen molar-refractivity contribution in [3.05, 3.63) is 148 Å². The fourth-order valence-corrected chi connectivity index (χ4v) is 11.4. The second-order valence-electron chi connectivity index (χ2n) is 15.1. The Labute approximate surface area is 249 Å². The van der Waals surface area contributed by atoms with Crippen LogP contribution in [0.25, 0.3) is 5.57 Å². The quantitative estimate of drug-likeness (QED) is 0.220. The summed E-state index contributed by atoms with van der Waals surface area (Å²) in [7, 11) is -1.89. The molecule has 2 aliphatic carbocycles. The molecule has 0 saturated carbocycles. The van der Waals surface area contributed by atoms with Gasteiger partial charge in [0.05, 0.1) is 8.07 Å². The SMILES string of the molecule is CC(C)(C)c1ccc2c(c1)C(c1ccccc1)=CC2[Si](C)(C)C1CC(c2ccccc2)c2cc(C(C)(C)C)ccc21. The van der Waals surface area contributed by atoms with Crippen LogP contribution in [-0.4, -0.2) is 8.07 Å². The normalized spacial score (nSPS) is 20.5. The molecule has 0 heterocycles. The van der Waals surface area contributed by atoms with E-state index in [2.05, 4.69) is 158 Å². The van der Waals surface area contributed by atoms with E-state index in [9.17, 15) is 0 Å². The highest BCUT2D eigenvalue weighted by atomic mass is 28.3. The van der Waals surface area contributed by atoms with E-state index in [1.165, 1.54) is 39.8 Å². The molecule has 0 nitrogen and oxygen atoms in total. The molecular formula is C40H46Si. The van der Waals surface area contributed by atoms with Crippen molar-refractivity contribution in [3.8, 4) is 0 Å². The molecule has 2 aliphatic rings. The third kappa shape index (κ3) is 4.97. The molecule has 0 aliphatic heterocycles. The van der Waals surface area contributed by atoms with Gasteiger partial charge < -0.3 is 0 Å². The van der Waals surface area contributed by atoms with Crippen LogP contribution in [0.4, 0.5) is 0 Å². The van der Waals surface area contributed by atoms with Gasteiger partial charge in [-0.1, -0.05) is 158 Å². The molecule has 210 valence electrons. The Morgan fingerprint density at radius 2 is 1.17 bits per heavy atom. The van der Waals surface area contributed by atoms with Gasteiger partial charge in [0, 0.05) is 5.92 Å². The van der Waals surface area contributed by atoms with E-state index in [-0.39, 0.29) is 10.8 Å². The molecule has 0 N–H and O–H groups in total. The minimum Gasteiger partial charge on any atom is -0.0712 e. The maximum absolute atomic E-state index is 2.67. The lowest BCUT2D eigenvalue weighted by atomic mass is 9.83. The summed E-state index contributed by atoms with van der Waals surface area (Å²) in [6.07, 6.45) is 3.88. The summed E-state index contributed by atoms with van der Waals surface area (Å²) < 4.78 is 0. The predicted molar refractivity (Wildman–Crippen MR) is 180 cm³/mol. The lowest BCUT2D eigenvalue weighted by molar-refractivity contribution is 0.589. The van der Waals surface area contributed by atoms with Crippen molar-refractivity contribution < 1.29 is 0 Å². The monoisotopic (exact) mass is 554 g/mol. The molecule has 0 amide bonds. The molecule has 6 rings (SSSR count). The van der Waals surface area contributed by atoms with Gasteiger partial charge in [-0.05, 0) is 78.4 Å². The largest absolute Gasteiger partial charge is 0.0712 e. The van der Waals surface area contributed by atoms with Crippen LogP contribution in [-0.2, 0) is 10.8 Å². The van der Waals surface area contributed by atoms with E-state index < -0.39 is 8.07 Å². The molecule has 1 heteroatoms. The molecule has 0 aromatic heterocycles. The van der Waals surface area contributed by atoms with Crippen LogP contribution in [0.1, 0.15) is 109 Å². The van der Waals surface area contributed by atoms with Gasteiger partial charge in [0.1, 0.15) is 0 Å². The molecule has 0 radical (unpaired) electrons. The highest BCUT2D eigenvalue weighted by Crippen LogP contribution is 2.55. The molecule has 0 saturated heterocycles. The molecule has 41 heavy (non-hydrogen) atoms. The van der Waals surface area contributed by atoms with E-state index in [1.807, 2.05) is 0 Å². The zero-order chi connectivity index (χ0) is 29.2. The van der Waals surface area contributed by atoms with Gasteiger partial charge in [-0.25, -0.2) is 0 Å². The zero-order valence-electron chi connectivity index (χ0n) is 26.3. The van der Waals surface area contributed by atoms with Gasteiger partial charge >= 0.3 is 0 Å². The Balaban J connectivity index is 1.49. The molecule has 0 bridgehead atoms. The standard InChI is InChI=1S/C40H46Si/c1-39(2,3)29-19-21-31-35(23-29)33(27-15-11-9-12-16-27)25-37(31)41(7,8)38-26-34(28-17-13-10-14-18-28)36-24-30(40(4,5)6)20-22-32(36)38/h9-25,34,37-38H,26H2,1-8H3.